The van der Waals surface area contributed by atoms with Crippen LogP contribution in [0.2, 0.25) is 0 Å². The van der Waals surface area contributed by atoms with Crippen LogP contribution in [-0.2, 0) is 11.8 Å². The maximum Gasteiger partial charge on any atom is 0.270 e. The molecule has 8 nitrogen and oxygen atoms in total. The van der Waals surface area contributed by atoms with Gasteiger partial charge in [-0.15, -0.1) is 10.2 Å². The molecule has 0 aliphatic heterocycles. The fourth-order valence-electron chi connectivity index (χ4n) is 3.36. The molecule has 2 aromatic rings. The highest BCUT2D eigenvalue weighted by Gasteiger charge is 2.23. The molecule has 2 atom stereocenters. The summed E-state index contributed by atoms with van der Waals surface area (Å²) in [5.74, 6) is 1.31. The number of nitro benzene ring substituents is 1. The molecule has 27 heavy (non-hydrogen) atoms. The van der Waals surface area contributed by atoms with E-state index in [4.69, 9.17) is 0 Å². The number of nitrogens with zero attached hydrogens (tertiary/aromatic N) is 4. The SMILES string of the molecule is C[C@@H]1CCCC[C@@H]1NC(=O)CSc1nnc(-c2cccc([N+](=O)[O-])c2)n1C. The Balaban J connectivity index is 1.63. The number of carbonyl (C=O) groups is 1. The Labute approximate surface area is 161 Å². The number of aromatic nitrogens is 3. The maximum atomic E-state index is 12.3. The Morgan fingerprint density at radius 1 is 1.37 bits per heavy atom. The maximum absolute atomic E-state index is 12.3. The van der Waals surface area contributed by atoms with E-state index in [-0.39, 0.29) is 23.4 Å². The summed E-state index contributed by atoms with van der Waals surface area (Å²) in [6, 6.07) is 6.53. The number of benzene rings is 1. The molecule has 1 saturated carbocycles. The van der Waals surface area contributed by atoms with Gasteiger partial charge in [0, 0.05) is 30.8 Å². The Morgan fingerprint density at radius 2 is 2.15 bits per heavy atom. The van der Waals surface area contributed by atoms with E-state index in [9.17, 15) is 14.9 Å². The van der Waals surface area contributed by atoms with Crippen LogP contribution in [0, 0.1) is 16.0 Å². The monoisotopic (exact) mass is 389 g/mol. The van der Waals surface area contributed by atoms with Gasteiger partial charge in [-0.05, 0) is 18.8 Å². The van der Waals surface area contributed by atoms with Crippen LogP contribution in [0.1, 0.15) is 32.6 Å². The van der Waals surface area contributed by atoms with Crippen LogP contribution in [0.4, 0.5) is 5.69 Å². The minimum Gasteiger partial charge on any atom is -0.352 e. The largest absolute Gasteiger partial charge is 0.352 e. The van der Waals surface area contributed by atoms with E-state index in [1.807, 2.05) is 0 Å². The zero-order chi connectivity index (χ0) is 19.4. The molecular formula is C18H23N5O3S. The number of non-ortho nitro benzene ring substituents is 1. The molecule has 0 radical (unpaired) electrons. The van der Waals surface area contributed by atoms with Crippen molar-refractivity contribution in [1.82, 2.24) is 20.1 Å². The molecule has 1 amide bonds. The van der Waals surface area contributed by atoms with Crippen molar-refractivity contribution in [2.75, 3.05) is 5.75 Å². The van der Waals surface area contributed by atoms with Crippen molar-refractivity contribution >= 4 is 23.4 Å². The standard InChI is InChI=1S/C18H23N5O3S/c1-12-6-3-4-9-15(12)19-16(24)11-27-18-21-20-17(22(18)2)13-7-5-8-14(10-13)23(25)26/h5,7-8,10,12,15H,3-4,6,9,11H2,1-2H3,(H,19,24)/t12-,15+/m1/s1. The van der Waals surface area contributed by atoms with E-state index in [0.717, 1.165) is 19.3 Å². The molecule has 1 N–H and O–H groups in total. The fourth-order valence-corrected chi connectivity index (χ4v) is 4.08. The van der Waals surface area contributed by atoms with Crippen molar-refractivity contribution in [2.24, 2.45) is 13.0 Å². The molecule has 144 valence electrons. The van der Waals surface area contributed by atoms with E-state index in [1.165, 1.54) is 30.3 Å². The fraction of sp³-hybridized carbons (Fsp3) is 0.500. The highest BCUT2D eigenvalue weighted by Crippen LogP contribution is 2.26. The minimum absolute atomic E-state index is 0.00125. The van der Waals surface area contributed by atoms with Crippen molar-refractivity contribution < 1.29 is 9.72 Å². The van der Waals surface area contributed by atoms with Crippen LogP contribution in [0.5, 0.6) is 0 Å². The lowest BCUT2D eigenvalue weighted by atomic mass is 9.86. The smallest absolute Gasteiger partial charge is 0.270 e. The molecule has 1 aliphatic rings. The number of hydrogen-bond donors (Lipinski definition) is 1. The summed E-state index contributed by atoms with van der Waals surface area (Å²) in [5, 5.41) is 22.9. The highest BCUT2D eigenvalue weighted by atomic mass is 32.2. The topological polar surface area (TPSA) is 103 Å². The van der Waals surface area contributed by atoms with Crippen molar-refractivity contribution in [3.63, 3.8) is 0 Å². The van der Waals surface area contributed by atoms with Gasteiger partial charge in [-0.3, -0.25) is 14.9 Å². The molecule has 0 bridgehead atoms. The molecule has 0 spiro atoms. The molecule has 9 heteroatoms. The van der Waals surface area contributed by atoms with Crippen LogP contribution < -0.4 is 5.32 Å². The molecule has 3 rings (SSSR count). The molecule has 1 fully saturated rings. The minimum atomic E-state index is -0.438. The predicted octanol–water partition coefficient (Wildman–Crippen LogP) is 3.18. The van der Waals surface area contributed by atoms with Gasteiger partial charge in [0.25, 0.3) is 5.69 Å². The van der Waals surface area contributed by atoms with Gasteiger partial charge < -0.3 is 9.88 Å². The first-order valence-corrected chi connectivity index (χ1v) is 10.0. The summed E-state index contributed by atoms with van der Waals surface area (Å²) in [6.45, 7) is 2.19. The molecule has 1 aromatic heterocycles. The third-order valence-electron chi connectivity index (χ3n) is 4.94. The van der Waals surface area contributed by atoms with Crippen LogP contribution in [-0.4, -0.2) is 37.4 Å². The van der Waals surface area contributed by atoms with Crippen LogP contribution in [0.25, 0.3) is 11.4 Å². The lowest BCUT2D eigenvalue weighted by Gasteiger charge is -2.29. The van der Waals surface area contributed by atoms with Gasteiger partial charge in [-0.2, -0.15) is 0 Å². The first-order chi connectivity index (χ1) is 13.0. The van der Waals surface area contributed by atoms with Gasteiger partial charge in [0.15, 0.2) is 11.0 Å². The summed E-state index contributed by atoms with van der Waals surface area (Å²) in [5.41, 5.74) is 0.622. The summed E-state index contributed by atoms with van der Waals surface area (Å²) < 4.78 is 1.75. The van der Waals surface area contributed by atoms with Crippen molar-refractivity contribution in [2.45, 2.75) is 43.8 Å². The second-order valence-corrected chi connectivity index (χ2v) is 7.84. The van der Waals surface area contributed by atoms with Crippen molar-refractivity contribution in [3.8, 4) is 11.4 Å². The average molecular weight is 389 g/mol. The van der Waals surface area contributed by atoms with Crippen LogP contribution in [0.3, 0.4) is 0 Å². The first kappa shape index (κ1) is 19.3. The molecule has 1 heterocycles. The number of amides is 1. The number of nitro groups is 1. The molecule has 0 saturated heterocycles. The Kier molecular flexibility index (Phi) is 6.10. The summed E-state index contributed by atoms with van der Waals surface area (Å²) >= 11 is 1.31. The molecule has 1 aromatic carbocycles. The molecule has 1 aliphatic carbocycles. The Hall–Kier alpha value is -2.42. The van der Waals surface area contributed by atoms with Gasteiger partial charge in [0.05, 0.1) is 10.7 Å². The van der Waals surface area contributed by atoms with E-state index in [0.29, 0.717) is 22.5 Å². The zero-order valence-electron chi connectivity index (χ0n) is 15.4. The third-order valence-corrected chi connectivity index (χ3v) is 5.96. The van der Waals surface area contributed by atoms with Gasteiger partial charge >= 0.3 is 0 Å². The quantitative estimate of drug-likeness (QED) is 0.462. The van der Waals surface area contributed by atoms with Gasteiger partial charge in [-0.25, -0.2) is 0 Å². The normalized spacial score (nSPS) is 19.6. The second-order valence-electron chi connectivity index (χ2n) is 6.90. The summed E-state index contributed by atoms with van der Waals surface area (Å²) in [6.07, 6.45) is 4.60. The first-order valence-electron chi connectivity index (χ1n) is 9.02. The zero-order valence-corrected chi connectivity index (χ0v) is 16.2. The summed E-state index contributed by atoms with van der Waals surface area (Å²) in [7, 11) is 1.79. The molecule has 0 unspecified atom stereocenters. The van der Waals surface area contributed by atoms with Gasteiger partial charge in [-0.1, -0.05) is 43.7 Å². The van der Waals surface area contributed by atoms with Crippen molar-refractivity contribution in [1.29, 1.82) is 0 Å². The number of carbonyl (C=O) groups excluding carboxylic acids is 1. The van der Waals surface area contributed by atoms with Crippen molar-refractivity contribution in [3.05, 3.63) is 34.4 Å². The Morgan fingerprint density at radius 3 is 2.89 bits per heavy atom. The van der Waals surface area contributed by atoms with E-state index < -0.39 is 4.92 Å². The highest BCUT2D eigenvalue weighted by molar-refractivity contribution is 7.99. The number of thioether (sulfide) groups is 1. The van der Waals surface area contributed by atoms with Gasteiger partial charge in [0.1, 0.15) is 0 Å². The van der Waals surface area contributed by atoms with Crippen LogP contribution in [0.15, 0.2) is 29.4 Å². The lowest BCUT2D eigenvalue weighted by molar-refractivity contribution is -0.384. The predicted molar refractivity (Wildman–Crippen MR) is 103 cm³/mol. The Bertz CT molecular complexity index is 838. The average Bonchev–Trinajstić information content (AvgIpc) is 3.02. The lowest BCUT2D eigenvalue weighted by Crippen LogP contribution is -2.41. The van der Waals surface area contributed by atoms with E-state index >= 15 is 0 Å². The van der Waals surface area contributed by atoms with Gasteiger partial charge in [0.2, 0.25) is 5.91 Å². The summed E-state index contributed by atoms with van der Waals surface area (Å²) in [4.78, 5) is 22.8. The van der Waals surface area contributed by atoms with E-state index in [2.05, 4.69) is 22.4 Å². The van der Waals surface area contributed by atoms with E-state index in [1.54, 1.807) is 23.7 Å². The molecular weight excluding hydrogens is 366 g/mol. The number of nitrogens with one attached hydrogen (secondary N) is 1. The number of hydrogen-bond acceptors (Lipinski definition) is 6. The number of rotatable bonds is 6. The van der Waals surface area contributed by atoms with Crippen LogP contribution >= 0.6 is 11.8 Å². The second kappa shape index (κ2) is 8.51. The third kappa shape index (κ3) is 4.65.